The number of thiophene rings is 1. The lowest BCUT2D eigenvalue weighted by Crippen LogP contribution is -2.45. The summed E-state index contributed by atoms with van der Waals surface area (Å²) in [5.74, 6) is 1.37. The number of nitrogens with zero attached hydrogens (tertiary/aromatic N) is 4. The van der Waals surface area contributed by atoms with Gasteiger partial charge in [0.25, 0.3) is 0 Å². The van der Waals surface area contributed by atoms with Gasteiger partial charge in [-0.1, -0.05) is 6.07 Å². The van der Waals surface area contributed by atoms with Gasteiger partial charge in [0.15, 0.2) is 5.96 Å². The van der Waals surface area contributed by atoms with E-state index in [0.29, 0.717) is 31.5 Å². The van der Waals surface area contributed by atoms with E-state index in [2.05, 4.69) is 15.3 Å². The molecule has 7 nitrogen and oxygen atoms in total. The zero-order valence-electron chi connectivity index (χ0n) is 15.9. The second kappa shape index (κ2) is 9.96. The van der Waals surface area contributed by atoms with Crippen molar-refractivity contribution in [1.29, 1.82) is 0 Å². The molecule has 0 aromatic carbocycles. The molecular formula is C18H27N5O2S. The van der Waals surface area contributed by atoms with Gasteiger partial charge < -0.3 is 19.5 Å². The van der Waals surface area contributed by atoms with Gasteiger partial charge in [-0.05, 0) is 32.2 Å². The Morgan fingerprint density at radius 1 is 1.35 bits per heavy atom. The maximum absolute atomic E-state index is 12.3. The summed E-state index contributed by atoms with van der Waals surface area (Å²) < 4.78 is 5.52. The summed E-state index contributed by atoms with van der Waals surface area (Å²) in [5, 5.41) is 5.20. The minimum Gasteiger partial charge on any atom is -0.443 e. The number of hydrogen-bond donors (Lipinski definition) is 1. The van der Waals surface area contributed by atoms with Gasteiger partial charge in [-0.3, -0.25) is 4.79 Å². The molecule has 0 bridgehead atoms. The third-order valence-corrected chi connectivity index (χ3v) is 4.72. The van der Waals surface area contributed by atoms with Crippen LogP contribution in [0.3, 0.4) is 0 Å². The van der Waals surface area contributed by atoms with Crippen LogP contribution < -0.4 is 5.32 Å². The van der Waals surface area contributed by atoms with Crippen LogP contribution in [-0.2, 0) is 11.3 Å². The zero-order valence-corrected chi connectivity index (χ0v) is 16.7. The number of aliphatic imine (C=N–C) groups is 1. The third kappa shape index (κ3) is 5.32. The summed E-state index contributed by atoms with van der Waals surface area (Å²) >= 11 is 1.59. The zero-order chi connectivity index (χ0) is 18.9. The number of rotatable bonds is 8. The molecule has 26 heavy (non-hydrogen) atoms. The normalized spacial score (nSPS) is 11.5. The van der Waals surface area contributed by atoms with Crippen molar-refractivity contribution >= 4 is 23.2 Å². The number of aromatic nitrogens is 1. The summed E-state index contributed by atoms with van der Waals surface area (Å²) in [5.41, 5.74) is 0.757. The number of hydrogen-bond acceptors (Lipinski definition) is 5. The van der Waals surface area contributed by atoms with Crippen molar-refractivity contribution in [3.63, 3.8) is 0 Å². The molecule has 0 aliphatic heterocycles. The Morgan fingerprint density at radius 3 is 2.73 bits per heavy atom. The van der Waals surface area contributed by atoms with E-state index in [1.165, 1.54) is 0 Å². The van der Waals surface area contributed by atoms with Crippen molar-refractivity contribution < 1.29 is 9.21 Å². The number of guanidine groups is 1. The molecule has 2 aromatic rings. The smallest absolute Gasteiger partial charge is 0.242 e. The van der Waals surface area contributed by atoms with Crippen LogP contribution in [0.2, 0.25) is 0 Å². The minimum atomic E-state index is 0.0875. The highest BCUT2D eigenvalue weighted by molar-refractivity contribution is 7.13. The van der Waals surface area contributed by atoms with Gasteiger partial charge >= 0.3 is 0 Å². The van der Waals surface area contributed by atoms with E-state index in [1.807, 2.05) is 55.1 Å². The van der Waals surface area contributed by atoms with Crippen LogP contribution >= 0.6 is 11.3 Å². The first-order valence-corrected chi connectivity index (χ1v) is 9.72. The molecule has 0 aliphatic rings. The molecule has 0 saturated carbocycles. The largest absolute Gasteiger partial charge is 0.443 e. The van der Waals surface area contributed by atoms with Crippen molar-refractivity contribution in [2.45, 2.75) is 27.3 Å². The molecule has 8 heteroatoms. The highest BCUT2D eigenvalue weighted by atomic mass is 32.1. The first kappa shape index (κ1) is 20.0. The SMILES string of the molecule is CCNC(=NCc1coc(-c2cccs2)n1)N(C)CC(=O)N(CC)CC. The maximum atomic E-state index is 12.3. The van der Waals surface area contributed by atoms with Gasteiger partial charge in [0.05, 0.1) is 18.0 Å². The van der Waals surface area contributed by atoms with E-state index in [0.717, 1.165) is 17.1 Å². The first-order valence-electron chi connectivity index (χ1n) is 8.84. The van der Waals surface area contributed by atoms with E-state index >= 15 is 0 Å². The van der Waals surface area contributed by atoms with Crippen molar-refractivity contribution in [3.8, 4) is 10.8 Å². The highest BCUT2D eigenvalue weighted by Gasteiger charge is 2.15. The van der Waals surface area contributed by atoms with E-state index in [4.69, 9.17) is 4.42 Å². The lowest BCUT2D eigenvalue weighted by molar-refractivity contribution is -0.131. The Labute approximate surface area is 158 Å². The average molecular weight is 378 g/mol. The molecule has 0 spiro atoms. The molecule has 1 N–H and O–H groups in total. The second-order valence-corrected chi connectivity index (χ2v) is 6.66. The quantitative estimate of drug-likeness (QED) is 0.565. The predicted molar refractivity (Wildman–Crippen MR) is 105 cm³/mol. The molecule has 2 aromatic heterocycles. The topological polar surface area (TPSA) is 74.0 Å². The molecule has 0 unspecified atom stereocenters. The molecule has 0 aliphatic carbocycles. The van der Waals surface area contributed by atoms with Crippen LogP contribution in [0.15, 0.2) is 33.2 Å². The summed E-state index contributed by atoms with van der Waals surface area (Å²) in [4.78, 5) is 26.0. The van der Waals surface area contributed by atoms with Crippen molar-refractivity contribution in [1.82, 2.24) is 20.1 Å². The number of likely N-dealkylation sites (N-methyl/N-ethyl adjacent to an activating group) is 2. The lowest BCUT2D eigenvalue weighted by atomic mass is 10.4. The maximum Gasteiger partial charge on any atom is 0.242 e. The third-order valence-electron chi connectivity index (χ3n) is 3.86. The standard InChI is InChI=1S/C18H27N5O2S/c1-5-19-18(22(4)12-16(24)23(6-2)7-3)20-11-14-13-25-17(21-14)15-9-8-10-26-15/h8-10,13H,5-7,11-12H2,1-4H3,(H,19,20). The summed E-state index contributed by atoms with van der Waals surface area (Å²) in [6.07, 6.45) is 1.63. The van der Waals surface area contributed by atoms with Gasteiger partial charge in [0.2, 0.25) is 11.8 Å². The van der Waals surface area contributed by atoms with E-state index in [-0.39, 0.29) is 12.5 Å². The van der Waals surface area contributed by atoms with E-state index in [1.54, 1.807) is 17.6 Å². The summed E-state index contributed by atoms with van der Waals surface area (Å²) in [6.45, 7) is 8.78. The van der Waals surface area contributed by atoms with Crippen LogP contribution in [0.5, 0.6) is 0 Å². The number of oxazole rings is 1. The van der Waals surface area contributed by atoms with Gasteiger partial charge in [-0.15, -0.1) is 11.3 Å². The Balaban J connectivity index is 2.02. The number of carbonyl (C=O) groups excluding carboxylic acids is 1. The molecular weight excluding hydrogens is 350 g/mol. The molecule has 2 rings (SSSR count). The summed E-state index contributed by atoms with van der Waals surface area (Å²) in [7, 11) is 1.86. The van der Waals surface area contributed by atoms with E-state index in [9.17, 15) is 4.79 Å². The van der Waals surface area contributed by atoms with Crippen LogP contribution in [0.4, 0.5) is 0 Å². The van der Waals surface area contributed by atoms with Gasteiger partial charge in [0.1, 0.15) is 12.0 Å². The highest BCUT2D eigenvalue weighted by Crippen LogP contribution is 2.23. The molecule has 0 radical (unpaired) electrons. The average Bonchev–Trinajstić information content (AvgIpc) is 3.30. The molecule has 142 valence electrons. The fraction of sp³-hybridized carbons (Fsp3) is 0.500. The Bertz CT molecular complexity index is 707. The molecule has 0 saturated heterocycles. The van der Waals surface area contributed by atoms with Crippen LogP contribution in [0.1, 0.15) is 26.5 Å². The van der Waals surface area contributed by atoms with Crippen molar-refractivity contribution in [2.24, 2.45) is 4.99 Å². The number of nitrogens with one attached hydrogen (secondary N) is 1. The van der Waals surface area contributed by atoms with Crippen LogP contribution in [0, 0.1) is 0 Å². The molecule has 0 fully saturated rings. The fourth-order valence-corrected chi connectivity index (χ4v) is 3.13. The van der Waals surface area contributed by atoms with Gasteiger partial charge in [-0.25, -0.2) is 9.98 Å². The Kier molecular flexibility index (Phi) is 7.65. The molecule has 0 atom stereocenters. The van der Waals surface area contributed by atoms with E-state index < -0.39 is 0 Å². The first-order chi connectivity index (χ1) is 12.6. The fourth-order valence-electron chi connectivity index (χ4n) is 2.47. The number of amides is 1. The van der Waals surface area contributed by atoms with Gasteiger partial charge in [0, 0.05) is 26.7 Å². The Hall–Kier alpha value is -2.35. The van der Waals surface area contributed by atoms with Crippen molar-refractivity contribution in [2.75, 3.05) is 33.2 Å². The van der Waals surface area contributed by atoms with Gasteiger partial charge in [-0.2, -0.15) is 0 Å². The lowest BCUT2D eigenvalue weighted by Gasteiger charge is -2.25. The van der Waals surface area contributed by atoms with Crippen LogP contribution in [0.25, 0.3) is 10.8 Å². The minimum absolute atomic E-state index is 0.0875. The Morgan fingerprint density at radius 2 is 2.12 bits per heavy atom. The second-order valence-electron chi connectivity index (χ2n) is 5.71. The molecule has 2 heterocycles. The van der Waals surface area contributed by atoms with Crippen molar-refractivity contribution in [3.05, 3.63) is 29.5 Å². The van der Waals surface area contributed by atoms with Crippen LogP contribution in [-0.4, -0.2) is 59.9 Å². The summed E-state index contributed by atoms with van der Waals surface area (Å²) in [6, 6.07) is 3.94. The monoisotopic (exact) mass is 377 g/mol. The predicted octanol–water partition coefficient (Wildman–Crippen LogP) is 2.67. The molecule has 1 amide bonds. The number of carbonyl (C=O) groups is 1.